The number of amides is 1. The molecule has 0 spiro atoms. The number of carbonyl (C=O) groups is 1. The summed E-state index contributed by atoms with van der Waals surface area (Å²) in [6, 6.07) is 8.36. The van der Waals surface area contributed by atoms with Crippen molar-refractivity contribution in [2.45, 2.75) is 75.7 Å². The maximum absolute atomic E-state index is 12.4. The van der Waals surface area contributed by atoms with Gasteiger partial charge in [0.2, 0.25) is 0 Å². The zero-order valence-electron chi connectivity index (χ0n) is 22.2. The molecule has 0 saturated carbocycles. The number of piperidine rings is 1. The molecule has 0 radical (unpaired) electrons. The minimum absolute atomic E-state index is 0.00868. The molecule has 1 aromatic heterocycles. The van der Waals surface area contributed by atoms with E-state index in [1.807, 2.05) is 5.32 Å². The van der Waals surface area contributed by atoms with E-state index in [1.54, 1.807) is 38.1 Å². The Balaban J connectivity index is 1.35. The lowest BCUT2D eigenvalue weighted by Crippen LogP contribution is -2.57. The summed E-state index contributed by atoms with van der Waals surface area (Å²) >= 11 is 6.07. The Kier molecular flexibility index (Phi) is 9.33. The van der Waals surface area contributed by atoms with Crippen LogP contribution in [0.3, 0.4) is 0 Å². The summed E-state index contributed by atoms with van der Waals surface area (Å²) in [5.41, 5.74) is -0.973. The number of halogens is 4. The molecule has 2 aromatic rings. The van der Waals surface area contributed by atoms with E-state index in [9.17, 15) is 23.1 Å². The van der Waals surface area contributed by atoms with Crippen LogP contribution in [-0.4, -0.2) is 77.0 Å². The zero-order chi connectivity index (χ0) is 29.1. The van der Waals surface area contributed by atoms with Gasteiger partial charge in [-0.3, -0.25) is 10.1 Å². The van der Waals surface area contributed by atoms with Crippen LogP contribution in [0.2, 0.25) is 5.02 Å². The number of alkyl halides is 3. The molecule has 4 N–H and O–H groups in total. The smallest absolute Gasteiger partial charge is 0.405 e. The quantitative estimate of drug-likeness (QED) is 0.295. The number of carbonyl (C=O) groups excluding carboxylic acids is 1. The second kappa shape index (κ2) is 12.4. The van der Waals surface area contributed by atoms with Gasteiger partial charge in [0.1, 0.15) is 30.8 Å². The molecule has 1 aromatic carbocycles. The average Bonchev–Trinajstić information content (AvgIpc) is 3.16. The summed E-state index contributed by atoms with van der Waals surface area (Å²) in [5.74, 6) is 0.595. The molecule has 3 unspecified atom stereocenters. The van der Waals surface area contributed by atoms with Crippen molar-refractivity contribution in [2.75, 3.05) is 24.7 Å². The fourth-order valence-corrected chi connectivity index (χ4v) is 5.40. The summed E-state index contributed by atoms with van der Waals surface area (Å²) < 4.78 is 48.8. The molecule has 2 fully saturated rings. The van der Waals surface area contributed by atoms with Crippen LogP contribution in [0.1, 0.15) is 49.9 Å². The van der Waals surface area contributed by atoms with Crippen LogP contribution in [0.4, 0.5) is 19.0 Å². The number of aliphatic hydroxyl groups is 2. The van der Waals surface area contributed by atoms with Crippen LogP contribution in [0.5, 0.6) is 11.5 Å². The number of rotatable bonds is 11. The van der Waals surface area contributed by atoms with Crippen molar-refractivity contribution < 1.29 is 37.7 Å². The Morgan fingerprint density at radius 1 is 1.18 bits per heavy atom. The number of pyridine rings is 1. The second-order valence-corrected chi connectivity index (χ2v) is 11.0. The van der Waals surface area contributed by atoms with Crippen molar-refractivity contribution in [1.29, 1.82) is 0 Å². The molecule has 4 rings (SSSR count). The Morgan fingerprint density at radius 3 is 2.48 bits per heavy atom. The van der Waals surface area contributed by atoms with Crippen molar-refractivity contribution in [3.05, 3.63) is 47.1 Å². The number of anilines is 1. The minimum Gasteiger partial charge on any atom is -0.487 e. The summed E-state index contributed by atoms with van der Waals surface area (Å²) in [4.78, 5) is 18.6. The standard InChI is InChI=1S/C27H34ClF3N4O5/c1-26(2,40-21-7-4-17(28)11-22(21)39-10-9-36)25(38)34-18-12-19-5-6-20(13-18)35(19)23-8-3-16(14-32-23)24(37)33-15-27(29,30)31/h3-4,7-8,11,14,18-20,25,34,36,38H,5-6,9-10,12-13,15H2,1-2H3,(H,33,37). The highest BCUT2D eigenvalue weighted by molar-refractivity contribution is 6.30. The summed E-state index contributed by atoms with van der Waals surface area (Å²) in [7, 11) is 0. The number of aliphatic hydroxyl groups excluding tert-OH is 2. The van der Waals surface area contributed by atoms with Crippen molar-refractivity contribution >= 4 is 23.3 Å². The van der Waals surface area contributed by atoms with Crippen LogP contribution in [0.25, 0.3) is 0 Å². The molecule has 9 nitrogen and oxygen atoms in total. The van der Waals surface area contributed by atoms with E-state index < -0.39 is 30.5 Å². The fourth-order valence-electron chi connectivity index (χ4n) is 5.24. The van der Waals surface area contributed by atoms with Gasteiger partial charge >= 0.3 is 6.18 Å². The minimum atomic E-state index is -4.48. The SMILES string of the molecule is CC(C)(Oc1ccc(Cl)cc1OCCO)C(O)NC1CC2CCC(C1)N2c1ccc(C(=O)NCC(F)(F)F)cn1. The lowest BCUT2D eigenvalue weighted by molar-refractivity contribution is -0.123. The lowest BCUT2D eigenvalue weighted by Gasteiger charge is -2.42. The Hall–Kier alpha value is -2.80. The summed E-state index contributed by atoms with van der Waals surface area (Å²) in [5, 5.41) is 25.8. The number of nitrogens with one attached hydrogen (secondary N) is 2. The van der Waals surface area contributed by atoms with Gasteiger partial charge in [-0.25, -0.2) is 4.98 Å². The highest BCUT2D eigenvalue weighted by atomic mass is 35.5. The number of nitrogens with zero attached hydrogens (tertiary/aromatic N) is 2. The lowest BCUT2D eigenvalue weighted by atomic mass is 9.95. The predicted molar refractivity (Wildman–Crippen MR) is 143 cm³/mol. The molecular formula is C27H34ClF3N4O5. The number of ether oxygens (including phenoxy) is 2. The van der Waals surface area contributed by atoms with E-state index in [-0.39, 0.29) is 36.9 Å². The second-order valence-electron chi connectivity index (χ2n) is 10.6. The molecule has 220 valence electrons. The van der Waals surface area contributed by atoms with E-state index in [0.29, 0.717) is 22.3 Å². The van der Waals surface area contributed by atoms with Gasteiger partial charge in [0.15, 0.2) is 11.5 Å². The van der Waals surface area contributed by atoms with Gasteiger partial charge in [0, 0.05) is 35.4 Å². The van der Waals surface area contributed by atoms with Crippen LogP contribution < -0.4 is 25.0 Å². The highest BCUT2D eigenvalue weighted by Gasteiger charge is 2.43. The molecule has 2 aliphatic rings. The Labute approximate surface area is 235 Å². The van der Waals surface area contributed by atoms with Gasteiger partial charge in [0.05, 0.1) is 12.2 Å². The van der Waals surface area contributed by atoms with Gasteiger partial charge in [0.25, 0.3) is 5.91 Å². The topological polar surface area (TPSA) is 116 Å². The van der Waals surface area contributed by atoms with Crippen LogP contribution in [0, 0.1) is 0 Å². The first-order valence-corrected chi connectivity index (χ1v) is 13.5. The first-order chi connectivity index (χ1) is 18.9. The van der Waals surface area contributed by atoms with Gasteiger partial charge in [-0.15, -0.1) is 0 Å². The Morgan fingerprint density at radius 2 is 1.88 bits per heavy atom. The summed E-state index contributed by atoms with van der Waals surface area (Å²) in [6.45, 7) is 2.02. The molecule has 0 aliphatic carbocycles. The number of hydrogen-bond acceptors (Lipinski definition) is 8. The largest absolute Gasteiger partial charge is 0.487 e. The number of fused-ring (bicyclic) bond motifs is 2. The number of aromatic nitrogens is 1. The van der Waals surface area contributed by atoms with E-state index in [0.717, 1.165) is 25.7 Å². The molecule has 1 amide bonds. The number of hydrogen-bond donors (Lipinski definition) is 4. The third-order valence-electron chi connectivity index (χ3n) is 7.14. The molecule has 3 heterocycles. The van der Waals surface area contributed by atoms with E-state index >= 15 is 0 Å². The molecule has 2 bridgehead atoms. The van der Waals surface area contributed by atoms with Crippen molar-refractivity contribution in [3.8, 4) is 11.5 Å². The van der Waals surface area contributed by atoms with E-state index in [1.165, 1.54) is 12.3 Å². The first-order valence-electron chi connectivity index (χ1n) is 13.1. The van der Waals surface area contributed by atoms with Crippen LogP contribution in [0.15, 0.2) is 36.5 Å². The highest BCUT2D eigenvalue weighted by Crippen LogP contribution is 2.39. The molecule has 13 heteroatoms. The van der Waals surface area contributed by atoms with E-state index in [4.69, 9.17) is 26.2 Å². The molecule has 40 heavy (non-hydrogen) atoms. The molecule has 3 atom stereocenters. The molecule has 2 aliphatic heterocycles. The predicted octanol–water partition coefficient (Wildman–Crippen LogP) is 3.66. The van der Waals surface area contributed by atoms with Gasteiger partial charge in [-0.1, -0.05) is 11.6 Å². The summed E-state index contributed by atoms with van der Waals surface area (Å²) in [6.07, 6.45) is -0.852. The van der Waals surface area contributed by atoms with Crippen LogP contribution >= 0.6 is 11.6 Å². The van der Waals surface area contributed by atoms with Crippen LogP contribution in [-0.2, 0) is 0 Å². The maximum atomic E-state index is 12.4. The number of benzene rings is 1. The molecular weight excluding hydrogens is 553 g/mol. The van der Waals surface area contributed by atoms with E-state index in [2.05, 4.69) is 15.2 Å². The Bertz CT molecular complexity index is 1150. The monoisotopic (exact) mass is 586 g/mol. The first kappa shape index (κ1) is 30.2. The average molecular weight is 587 g/mol. The third kappa shape index (κ3) is 7.48. The maximum Gasteiger partial charge on any atom is 0.405 e. The van der Waals surface area contributed by atoms with Gasteiger partial charge < -0.3 is 29.9 Å². The van der Waals surface area contributed by atoms with Crippen molar-refractivity contribution in [2.24, 2.45) is 0 Å². The normalized spacial score (nSPS) is 21.7. The van der Waals surface area contributed by atoms with Gasteiger partial charge in [-0.2, -0.15) is 13.2 Å². The fraction of sp³-hybridized carbons (Fsp3) is 0.556. The van der Waals surface area contributed by atoms with Crippen molar-refractivity contribution in [3.63, 3.8) is 0 Å². The van der Waals surface area contributed by atoms with Gasteiger partial charge in [-0.05, 0) is 63.8 Å². The zero-order valence-corrected chi connectivity index (χ0v) is 23.0. The van der Waals surface area contributed by atoms with Crippen molar-refractivity contribution in [1.82, 2.24) is 15.6 Å². The molecule has 2 saturated heterocycles. The third-order valence-corrected chi connectivity index (χ3v) is 7.37.